The van der Waals surface area contributed by atoms with Gasteiger partial charge >= 0.3 is 0 Å². The summed E-state index contributed by atoms with van der Waals surface area (Å²) < 4.78 is 11.4. The van der Waals surface area contributed by atoms with E-state index in [1.807, 2.05) is 6.07 Å². The third-order valence-corrected chi connectivity index (χ3v) is 6.21. The number of amides is 1. The highest BCUT2D eigenvalue weighted by atomic mass is 16.6. The molecule has 2 heterocycles. The maximum atomic E-state index is 13.0. The molecule has 30 heavy (non-hydrogen) atoms. The first-order valence-corrected chi connectivity index (χ1v) is 10.3. The van der Waals surface area contributed by atoms with Crippen LogP contribution >= 0.6 is 0 Å². The van der Waals surface area contributed by atoms with Gasteiger partial charge in [0.15, 0.2) is 17.2 Å². The summed E-state index contributed by atoms with van der Waals surface area (Å²) in [5.41, 5.74) is 0.943. The molecule has 1 aliphatic carbocycles. The molecule has 7 heteroatoms. The first-order chi connectivity index (χ1) is 14.7. The minimum atomic E-state index is -0.300. The topological polar surface area (TPSA) is 93.3 Å². The zero-order valence-electron chi connectivity index (χ0n) is 16.6. The molecular weight excluding hydrogens is 382 g/mol. The zero-order valence-corrected chi connectivity index (χ0v) is 16.6. The van der Waals surface area contributed by atoms with Crippen LogP contribution in [-0.2, 0) is 5.41 Å². The number of carbonyl (C=O) groups excluding carboxylic acids is 1. The van der Waals surface area contributed by atoms with Crippen LogP contribution in [0.15, 0.2) is 47.3 Å². The van der Waals surface area contributed by atoms with E-state index in [0.29, 0.717) is 30.5 Å². The molecule has 1 amide bonds. The van der Waals surface area contributed by atoms with Crippen molar-refractivity contribution in [2.45, 2.75) is 31.1 Å². The van der Waals surface area contributed by atoms with Crippen LogP contribution in [0.4, 0.5) is 0 Å². The number of nitrogens with zero attached hydrogens (tertiary/aromatic N) is 1. The third-order valence-electron chi connectivity index (χ3n) is 6.21. The smallest absolute Gasteiger partial charge is 0.272 e. The van der Waals surface area contributed by atoms with Gasteiger partial charge in [-0.15, -0.1) is 0 Å². The lowest BCUT2D eigenvalue weighted by atomic mass is 9.78. The molecule has 154 valence electrons. The number of nitrogens with one attached hydrogen (secondary N) is 2. The highest BCUT2D eigenvalue weighted by Gasteiger charge is 2.37. The summed E-state index contributed by atoms with van der Waals surface area (Å²) in [5.74, 6) is 1.25. The Morgan fingerprint density at radius 1 is 1.03 bits per heavy atom. The van der Waals surface area contributed by atoms with Crippen LogP contribution in [0.25, 0.3) is 10.8 Å². The second-order valence-electron chi connectivity index (χ2n) is 7.98. The van der Waals surface area contributed by atoms with E-state index in [0.717, 1.165) is 42.7 Å². The van der Waals surface area contributed by atoms with Gasteiger partial charge in [0.1, 0.15) is 13.2 Å². The van der Waals surface area contributed by atoms with Crippen LogP contribution in [0.1, 0.15) is 41.7 Å². The van der Waals surface area contributed by atoms with Gasteiger partial charge in [-0.05, 0) is 36.6 Å². The lowest BCUT2D eigenvalue weighted by Crippen LogP contribution is -2.39. The second kappa shape index (κ2) is 7.48. The van der Waals surface area contributed by atoms with E-state index >= 15 is 0 Å². The average Bonchev–Trinajstić information content (AvgIpc) is 3.28. The molecule has 3 aromatic rings. The van der Waals surface area contributed by atoms with Gasteiger partial charge in [-0.25, -0.2) is 5.10 Å². The molecule has 1 aliphatic heterocycles. The van der Waals surface area contributed by atoms with Gasteiger partial charge in [-0.3, -0.25) is 9.59 Å². The number of aromatic nitrogens is 2. The number of benzene rings is 2. The predicted octanol–water partition coefficient (Wildman–Crippen LogP) is 2.94. The molecule has 1 aromatic heterocycles. The van der Waals surface area contributed by atoms with Crippen molar-refractivity contribution in [3.63, 3.8) is 0 Å². The van der Waals surface area contributed by atoms with Crippen molar-refractivity contribution in [1.82, 2.24) is 15.5 Å². The molecule has 0 saturated heterocycles. The second-order valence-corrected chi connectivity index (χ2v) is 7.98. The van der Waals surface area contributed by atoms with E-state index in [2.05, 4.69) is 27.6 Å². The molecule has 2 aromatic carbocycles. The lowest BCUT2D eigenvalue weighted by Gasteiger charge is -2.31. The van der Waals surface area contributed by atoms with E-state index in [1.54, 1.807) is 24.3 Å². The summed E-state index contributed by atoms with van der Waals surface area (Å²) >= 11 is 0. The van der Waals surface area contributed by atoms with Gasteiger partial charge in [0, 0.05) is 17.3 Å². The molecule has 0 atom stereocenters. The average molecular weight is 405 g/mol. The Morgan fingerprint density at radius 3 is 2.57 bits per heavy atom. The van der Waals surface area contributed by atoms with Crippen molar-refractivity contribution in [3.8, 4) is 11.5 Å². The van der Waals surface area contributed by atoms with E-state index < -0.39 is 0 Å². The number of ether oxygens (including phenoxy) is 2. The Hall–Kier alpha value is -3.35. The SMILES string of the molecule is O=C(NCC1(c2ccc3c(c2)OCCO3)CCCC1)c1n[nH]c(=O)c2ccccc12. The normalized spacial score (nSPS) is 17.1. The maximum absolute atomic E-state index is 13.0. The Kier molecular flexibility index (Phi) is 4.65. The van der Waals surface area contributed by atoms with Crippen LogP contribution in [0.3, 0.4) is 0 Å². The summed E-state index contributed by atoms with van der Waals surface area (Å²) in [7, 11) is 0. The highest BCUT2D eigenvalue weighted by Crippen LogP contribution is 2.43. The molecule has 1 fully saturated rings. The minimum Gasteiger partial charge on any atom is -0.486 e. The van der Waals surface area contributed by atoms with Gasteiger partial charge in [0.05, 0.1) is 5.39 Å². The summed E-state index contributed by atoms with van der Waals surface area (Å²) in [4.78, 5) is 25.0. The molecule has 2 aliphatic rings. The quantitative estimate of drug-likeness (QED) is 0.696. The number of fused-ring (bicyclic) bond motifs is 2. The monoisotopic (exact) mass is 405 g/mol. The molecule has 2 N–H and O–H groups in total. The summed E-state index contributed by atoms with van der Waals surface area (Å²) in [6.45, 7) is 1.61. The Bertz CT molecular complexity index is 1160. The predicted molar refractivity (Wildman–Crippen MR) is 112 cm³/mol. The van der Waals surface area contributed by atoms with E-state index in [4.69, 9.17) is 9.47 Å². The maximum Gasteiger partial charge on any atom is 0.272 e. The number of H-pyrrole nitrogens is 1. The van der Waals surface area contributed by atoms with Crippen molar-refractivity contribution >= 4 is 16.7 Å². The number of rotatable bonds is 4. The summed E-state index contributed by atoms with van der Waals surface area (Å²) in [6, 6.07) is 13.1. The molecule has 0 bridgehead atoms. The summed E-state index contributed by atoms with van der Waals surface area (Å²) in [6.07, 6.45) is 4.22. The van der Waals surface area contributed by atoms with Gasteiger partial charge in [-0.1, -0.05) is 37.1 Å². The van der Waals surface area contributed by atoms with Crippen LogP contribution in [-0.4, -0.2) is 35.9 Å². The van der Waals surface area contributed by atoms with Crippen LogP contribution < -0.4 is 20.3 Å². The van der Waals surface area contributed by atoms with Crippen molar-refractivity contribution in [3.05, 3.63) is 64.1 Å². The van der Waals surface area contributed by atoms with Crippen molar-refractivity contribution in [2.75, 3.05) is 19.8 Å². The van der Waals surface area contributed by atoms with E-state index in [9.17, 15) is 9.59 Å². The Balaban J connectivity index is 1.42. The number of hydrogen-bond acceptors (Lipinski definition) is 5. The summed E-state index contributed by atoms with van der Waals surface area (Å²) in [5, 5.41) is 10.5. The molecule has 0 radical (unpaired) electrons. The third kappa shape index (κ3) is 3.20. The zero-order chi connectivity index (χ0) is 20.6. The van der Waals surface area contributed by atoms with Crippen molar-refractivity contribution < 1.29 is 14.3 Å². The van der Waals surface area contributed by atoms with Gasteiger partial charge in [-0.2, -0.15) is 5.10 Å². The first-order valence-electron chi connectivity index (χ1n) is 10.3. The fourth-order valence-corrected chi connectivity index (χ4v) is 4.61. The fourth-order valence-electron chi connectivity index (χ4n) is 4.61. The molecule has 0 unspecified atom stereocenters. The number of hydrogen-bond donors (Lipinski definition) is 2. The fraction of sp³-hybridized carbons (Fsp3) is 0.348. The molecular formula is C23H23N3O4. The molecule has 7 nitrogen and oxygen atoms in total. The van der Waals surface area contributed by atoms with Crippen LogP contribution in [0.5, 0.6) is 11.5 Å². The number of carbonyl (C=O) groups is 1. The van der Waals surface area contributed by atoms with Crippen molar-refractivity contribution in [1.29, 1.82) is 0 Å². The van der Waals surface area contributed by atoms with E-state index in [-0.39, 0.29) is 22.6 Å². The Morgan fingerprint density at radius 2 is 1.77 bits per heavy atom. The van der Waals surface area contributed by atoms with Gasteiger partial charge in [0.2, 0.25) is 0 Å². The molecule has 0 spiro atoms. The molecule has 5 rings (SSSR count). The highest BCUT2D eigenvalue weighted by molar-refractivity contribution is 6.04. The first kappa shape index (κ1) is 18.7. The number of aromatic amines is 1. The minimum absolute atomic E-state index is 0.149. The van der Waals surface area contributed by atoms with E-state index in [1.165, 1.54) is 0 Å². The molecule has 1 saturated carbocycles. The van der Waals surface area contributed by atoms with Gasteiger partial charge in [0.25, 0.3) is 11.5 Å². The van der Waals surface area contributed by atoms with Gasteiger partial charge < -0.3 is 14.8 Å². The largest absolute Gasteiger partial charge is 0.486 e. The van der Waals surface area contributed by atoms with Crippen LogP contribution in [0, 0.1) is 0 Å². The lowest BCUT2D eigenvalue weighted by molar-refractivity contribution is 0.0939. The Labute approximate surface area is 173 Å². The van der Waals surface area contributed by atoms with Crippen LogP contribution in [0.2, 0.25) is 0 Å². The van der Waals surface area contributed by atoms with Crippen molar-refractivity contribution in [2.24, 2.45) is 0 Å². The standard InChI is InChI=1S/C23H23N3O4/c27-21-17-6-2-1-5-16(17)20(25-26-21)22(28)24-14-23(9-3-4-10-23)15-7-8-18-19(13-15)30-12-11-29-18/h1-2,5-8,13H,3-4,9-12,14H2,(H,24,28)(H,26,27).